The summed E-state index contributed by atoms with van der Waals surface area (Å²) in [7, 11) is 0. The molecule has 0 aliphatic rings. The number of aryl methyl sites for hydroxylation is 1. The second-order valence-corrected chi connectivity index (χ2v) is 6.95. The quantitative estimate of drug-likeness (QED) is 0.354. The fourth-order valence-corrected chi connectivity index (χ4v) is 3.43. The van der Waals surface area contributed by atoms with Crippen LogP contribution in [-0.4, -0.2) is 33.1 Å². The molecule has 5 N–H and O–H groups in total. The van der Waals surface area contributed by atoms with Gasteiger partial charge in [0.05, 0.1) is 0 Å². The third-order valence-corrected chi connectivity index (χ3v) is 4.77. The largest absolute Gasteiger partial charge is 0.480 e. The van der Waals surface area contributed by atoms with Crippen LogP contribution in [0.25, 0.3) is 21.8 Å². The van der Waals surface area contributed by atoms with Crippen molar-refractivity contribution in [2.45, 2.75) is 19.4 Å². The molecule has 0 saturated carbocycles. The maximum atomic E-state index is 13.3. The maximum Gasteiger partial charge on any atom is 0.326 e. The normalized spacial score (nSPS) is 12.2. The van der Waals surface area contributed by atoms with Gasteiger partial charge in [-0.25, -0.2) is 14.0 Å². The van der Waals surface area contributed by atoms with Gasteiger partial charge in [-0.3, -0.25) is 0 Å². The number of carbonyl (C=O) groups excluding carboxylic acids is 1. The van der Waals surface area contributed by atoms with Crippen molar-refractivity contribution in [2.24, 2.45) is 0 Å². The lowest BCUT2D eigenvalue weighted by Gasteiger charge is -2.15. The Hall–Kier alpha value is -3.81. The molecule has 0 aliphatic carbocycles. The zero-order valence-electron chi connectivity index (χ0n) is 15.5. The van der Waals surface area contributed by atoms with Crippen molar-refractivity contribution in [1.29, 1.82) is 0 Å². The summed E-state index contributed by atoms with van der Waals surface area (Å²) < 4.78 is 13.3. The standard InChI is InChI=1S/C21H19FN4O3/c1-11-6-12-7-15(3-5-17(12)24-11)25-21(29)26-19(20(27)28)8-13-10-23-18-9-14(22)2-4-16(13)18/h2-7,9-10,19,23-24H,8H2,1H3,(H,27,28)(H2,25,26,29). The average molecular weight is 394 g/mol. The first-order valence-corrected chi connectivity index (χ1v) is 9.04. The highest BCUT2D eigenvalue weighted by Gasteiger charge is 2.22. The number of aliphatic carboxylic acids is 1. The van der Waals surface area contributed by atoms with E-state index in [0.717, 1.165) is 16.6 Å². The van der Waals surface area contributed by atoms with Crippen LogP contribution in [0.2, 0.25) is 0 Å². The molecule has 148 valence electrons. The number of benzene rings is 2. The minimum absolute atomic E-state index is 0.0599. The number of aromatic amines is 2. The van der Waals surface area contributed by atoms with Crippen LogP contribution in [0, 0.1) is 12.7 Å². The van der Waals surface area contributed by atoms with E-state index in [9.17, 15) is 19.1 Å². The van der Waals surface area contributed by atoms with Gasteiger partial charge in [-0.2, -0.15) is 0 Å². The van der Waals surface area contributed by atoms with Crippen LogP contribution in [0.1, 0.15) is 11.3 Å². The topological polar surface area (TPSA) is 110 Å². The molecule has 8 heteroatoms. The van der Waals surface area contributed by atoms with Crippen molar-refractivity contribution in [2.75, 3.05) is 5.32 Å². The molecule has 2 aromatic heterocycles. The molecule has 4 rings (SSSR count). The molecule has 0 saturated heterocycles. The van der Waals surface area contributed by atoms with E-state index in [1.807, 2.05) is 25.1 Å². The average Bonchev–Trinajstić information content (AvgIpc) is 3.22. The van der Waals surface area contributed by atoms with E-state index in [-0.39, 0.29) is 12.2 Å². The number of carbonyl (C=O) groups is 2. The number of H-pyrrole nitrogens is 2. The molecule has 4 aromatic rings. The number of carboxylic acids is 1. The van der Waals surface area contributed by atoms with Gasteiger partial charge in [0.25, 0.3) is 0 Å². The molecule has 0 bridgehead atoms. The minimum Gasteiger partial charge on any atom is -0.480 e. The van der Waals surface area contributed by atoms with Crippen LogP contribution in [0.5, 0.6) is 0 Å². The van der Waals surface area contributed by atoms with Crippen molar-refractivity contribution in [3.63, 3.8) is 0 Å². The molecular weight excluding hydrogens is 375 g/mol. The molecule has 0 aliphatic heterocycles. The minimum atomic E-state index is -1.16. The Morgan fingerprint density at radius 2 is 1.97 bits per heavy atom. The molecule has 0 spiro atoms. The van der Waals surface area contributed by atoms with Gasteiger partial charge in [0.1, 0.15) is 11.9 Å². The lowest BCUT2D eigenvalue weighted by Crippen LogP contribution is -2.44. The Balaban J connectivity index is 1.48. The lowest BCUT2D eigenvalue weighted by atomic mass is 10.1. The molecule has 1 unspecified atom stereocenters. The van der Waals surface area contributed by atoms with Crippen LogP contribution < -0.4 is 10.6 Å². The van der Waals surface area contributed by atoms with E-state index in [1.54, 1.807) is 18.3 Å². The van der Waals surface area contributed by atoms with Gasteiger partial charge in [0.2, 0.25) is 0 Å². The zero-order valence-corrected chi connectivity index (χ0v) is 15.5. The fourth-order valence-electron chi connectivity index (χ4n) is 3.43. The molecule has 0 fully saturated rings. The van der Waals surface area contributed by atoms with Gasteiger partial charge in [0, 0.05) is 45.8 Å². The summed E-state index contributed by atoms with van der Waals surface area (Å²) >= 11 is 0. The van der Waals surface area contributed by atoms with Gasteiger partial charge >= 0.3 is 12.0 Å². The summed E-state index contributed by atoms with van der Waals surface area (Å²) in [5, 5.41) is 16.3. The van der Waals surface area contributed by atoms with Gasteiger partial charge in [-0.15, -0.1) is 0 Å². The van der Waals surface area contributed by atoms with Crippen molar-refractivity contribution >= 4 is 39.5 Å². The first-order valence-electron chi connectivity index (χ1n) is 9.04. The molecular formula is C21H19FN4O3. The molecule has 1 atom stereocenters. The summed E-state index contributed by atoms with van der Waals surface area (Å²) in [4.78, 5) is 30.1. The monoisotopic (exact) mass is 394 g/mol. The molecule has 2 amide bonds. The molecule has 29 heavy (non-hydrogen) atoms. The summed E-state index contributed by atoms with van der Waals surface area (Å²) in [6.07, 6.45) is 1.69. The summed E-state index contributed by atoms with van der Waals surface area (Å²) in [6, 6.07) is 9.83. The van der Waals surface area contributed by atoms with Crippen LogP contribution in [0.4, 0.5) is 14.9 Å². The SMILES string of the molecule is Cc1cc2cc(NC(=O)NC(Cc3c[nH]c4cc(F)ccc34)C(=O)O)ccc2[nH]1. The van der Waals surface area contributed by atoms with Gasteiger partial charge in [-0.1, -0.05) is 0 Å². The summed E-state index contributed by atoms with van der Waals surface area (Å²) in [5.74, 6) is -1.54. The second kappa shape index (κ2) is 7.31. The van der Waals surface area contributed by atoms with Crippen molar-refractivity contribution < 1.29 is 19.1 Å². The highest BCUT2D eigenvalue weighted by molar-refractivity contribution is 5.95. The number of halogens is 1. The maximum absolute atomic E-state index is 13.3. The smallest absolute Gasteiger partial charge is 0.326 e. The van der Waals surface area contributed by atoms with Crippen molar-refractivity contribution in [3.8, 4) is 0 Å². The van der Waals surface area contributed by atoms with Gasteiger partial charge < -0.3 is 25.7 Å². The number of hydrogen-bond donors (Lipinski definition) is 5. The highest BCUT2D eigenvalue weighted by atomic mass is 19.1. The highest BCUT2D eigenvalue weighted by Crippen LogP contribution is 2.21. The number of fused-ring (bicyclic) bond motifs is 2. The number of aromatic nitrogens is 2. The third kappa shape index (κ3) is 3.91. The Morgan fingerprint density at radius 1 is 1.14 bits per heavy atom. The van der Waals surface area contributed by atoms with Crippen molar-refractivity contribution in [1.82, 2.24) is 15.3 Å². The Bertz CT molecular complexity index is 1230. The van der Waals surface area contributed by atoms with Crippen LogP contribution in [-0.2, 0) is 11.2 Å². The molecule has 0 radical (unpaired) electrons. The van der Waals surface area contributed by atoms with E-state index < -0.39 is 18.0 Å². The van der Waals surface area contributed by atoms with Crippen LogP contribution in [0.15, 0.2) is 48.7 Å². The number of hydrogen-bond acceptors (Lipinski definition) is 2. The number of nitrogens with one attached hydrogen (secondary N) is 4. The van der Waals surface area contributed by atoms with E-state index in [0.29, 0.717) is 22.2 Å². The Kier molecular flexibility index (Phi) is 4.67. The van der Waals surface area contributed by atoms with E-state index >= 15 is 0 Å². The molecule has 2 heterocycles. The fraction of sp³-hybridized carbons (Fsp3) is 0.143. The number of rotatable bonds is 5. The zero-order chi connectivity index (χ0) is 20.5. The summed E-state index contributed by atoms with van der Waals surface area (Å²) in [6.45, 7) is 1.94. The van der Waals surface area contributed by atoms with Gasteiger partial charge in [0.15, 0.2) is 0 Å². The Morgan fingerprint density at radius 3 is 2.76 bits per heavy atom. The predicted molar refractivity (Wildman–Crippen MR) is 109 cm³/mol. The number of carboxylic acid groups (broad SMARTS) is 1. The first-order chi connectivity index (χ1) is 13.9. The molecule has 7 nitrogen and oxygen atoms in total. The lowest BCUT2D eigenvalue weighted by molar-refractivity contribution is -0.139. The first kappa shape index (κ1) is 18.5. The van der Waals surface area contributed by atoms with Crippen LogP contribution in [0.3, 0.4) is 0 Å². The Labute approximate surface area is 164 Å². The van der Waals surface area contributed by atoms with Crippen molar-refractivity contribution in [3.05, 3.63) is 65.7 Å². The molecule has 2 aromatic carbocycles. The number of urea groups is 1. The second-order valence-electron chi connectivity index (χ2n) is 6.95. The summed E-state index contributed by atoms with van der Waals surface area (Å²) in [5.41, 5.74) is 3.76. The number of anilines is 1. The van der Waals surface area contributed by atoms with E-state index in [1.165, 1.54) is 12.1 Å². The van der Waals surface area contributed by atoms with Crippen LogP contribution >= 0.6 is 0 Å². The van der Waals surface area contributed by atoms with E-state index in [2.05, 4.69) is 20.6 Å². The third-order valence-electron chi connectivity index (χ3n) is 4.77. The number of amides is 2. The predicted octanol–water partition coefficient (Wildman–Crippen LogP) is 3.91. The van der Waals surface area contributed by atoms with Gasteiger partial charge in [-0.05, 0) is 55.0 Å². The van der Waals surface area contributed by atoms with E-state index in [4.69, 9.17) is 0 Å².